The summed E-state index contributed by atoms with van der Waals surface area (Å²) >= 11 is 0. The van der Waals surface area contributed by atoms with Gasteiger partial charge in [0.25, 0.3) is 0 Å². The van der Waals surface area contributed by atoms with Crippen LogP contribution in [0.3, 0.4) is 0 Å². The number of hydrogen-bond donors (Lipinski definition) is 2. The Labute approximate surface area is 76.9 Å². The fraction of sp³-hybridized carbons (Fsp3) is 1.00. The van der Waals surface area contributed by atoms with Crippen molar-refractivity contribution in [3.05, 3.63) is 0 Å². The Balaban J connectivity index is 3.85. The summed E-state index contributed by atoms with van der Waals surface area (Å²) in [6, 6.07) is 0.857. The Hall–Kier alpha value is -0.0800. The topological polar surface area (TPSA) is 38.0 Å². The molecular weight excluding hydrogens is 148 g/mol. The maximum atomic E-state index is 5.89. The molecule has 0 aromatic rings. The number of nitrogens with one attached hydrogen (secondary N) is 1. The first-order valence-corrected chi connectivity index (χ1v) is 4.90. The van der Waals surface area contributed by atoms with Crippen molar-refractivity contribution < 1.29 is 0 Å². The van der Waals surface area contributed by atoms with Crippen LogP contribution >= 0.6 is 0 Å². The maximum absolute atomic E-state index is 5.89. The van der Waals surface area contributed by atoms with Crippen LogP contribution < -0.4 is 11.1 Å². The zero-order valence-corrected chi connectivity index (χ0v) is 9.15. The zero-order chi connectivity index (χ0) is 9.78. The van der Waals surface area contributed by atoms with Crippen LogP contribution in [0.4, 0.5) is 0 Å². The highest BCUT2D eigenvalue weighted by atomic mass is 15.0. The monoisotopic (exact) mass is 172 g/mol. The maximum Gasteiger partial charge on any atom is 0.0142 e. The van der Waals surface area contributed by atoms with Gasteiger partial charge in [-0.15, -0.1) is 0 Å². The van der Waals surface area contributed by atoms with Crippen LogP contribution in [-0.2, 0) is 0 Å². The second-order valence-corrected chi connectivity index (χ2v) is 4.56. The first-order valence-electron chi connectivity index (χ1n) is 4.90. The molecule has 1 unspecified atom stereocenters. The summed E-state index contributed by atoms with van der Waals surface area (Å²) in [6.45, 7) is 10.9. The average Bonchev–Trinajstić information content (AvgIpc) is 1.83. The van der Waals surface area contributed by atoms with E-state index in [-0.39, 0.29) is 5.54 Å². The van der Waals surface area contributed by atoms with Gasteiger partial charge < -0.3 is 11.1 Å². The van der Waals surface area contributed by atoms with Crippen LogP contribution in [0, 0.1) is 0 Å². The van der Waals surface area contributed by atoms with E-state index < -0.39 is 0 Å². The number of hydrogen-bond acceptors (Lipinski definition) is 2. The van der Waals surface area contributed by atoms with E-state index in [1.807, 2.05) is 0 Å². The first-order chi connectivity index (χ1) is 5.37. The van der Waals surface area contributed by atoms with Gasteiger partial charge in [0, 0.05) is 17.6 Å². The molecule has 0 amide bonds. The molecule has 2 heteroatoms. The van der Waals surface area contributed by atoms with E-state index in [2.05, 4.69) is 39.9 Å². The molecule has 12 heavy (non-hydrogen) atoms. The van der Waals surface area contributed by atoms with Crippen molar-refractivity contribution in [1.82, 2.24) is 5.32 Å². The molecule has 3 N–H and O–H groups in total. The van der Waals surface area contributed by atoms with Gasteiger partial charge in [-0.25, -0.2) is 0 Å². The highest BCUT2D eigenvalue weighted by Crippen LogP contribution is 2.12. The number of nitrogens with two attached hydrogens (primary N) is 1. The van der Waals surface area contributed by atoms with Gasteiger partial charge in [-0.3, -0.25) is 0 Å². The van der Waals surface area contributed by atoms with Crippen molar-refractivity contribution in [2.24, 2.45) is 5.73 Å². The van der Waals surface area contributed by atoms with Gasteiger partial charge in [-0.05, 0) is 26.7 Å². The summed E-state index contributed by atoms with van der Waals surface area (Å²) in [5.41, 5.74) is 6.07. The van der Waals surface area contributed by atoms with E-state index in [4.69, 9.17) is 5.73 Å². The molecule has 0 aliphatic carbocycles. The van der Waals surface area contributed by atoms with Gasteiger partial charge in [0.05, 0.1) is 0 Å². The fourth-order valence-corrected chi connectivity index (χ4v) is 1.64. The lowest BCUT2D eigenvalue weighted by Gasteiger charge is -2.31. The van der Waals surface area contributed by atoms with E-state index in [1.165, 1.54) is 0 Å². The summed E-state index contributed by atoms with van der Waals surface area (Å²) < 4.78 is 0. The van der Waals surface area contributed by atoms with Crippen LogP contribution in [0.1, 0.15) is 47.5 Å². The largest absolute Gasteiger partial charge is 0.328 e. The van der Waals surface area contributed by atoms with Gasteiger partial charge in [0.15, 0.2) is 0 Å². The Morgan fingerprint density at radius 2 is 1.83 bits per heavy atom. The standard InChI is InChI=1S/C10H24N2/c1-6-9(11)7-10(4,5)12-8(2)3/h8-9,12H,6-7,11H2,1-5H3. The minimum atomic E-state index is 0.170. The summed E-state index contributed by atoms with van der Waals surface area (Å²) in [5.74, 6) is 0. The van der Waals surface area contributed by atoms with Gasteiger partial charge >= 0.3 is 0 Å². The van der Waals surface area contributed by atoms with E-state index >= 15 is 0 Å². The van der Waals surface area contributed by atoms with Crippen LogP contribution in [0.25, 0.3) is 0 Å². The molecule has 0 fully saturated rings. The predicted octanol–water partition coefficient (Wildman–Crippen LogP) is 1.89. The van der Waals surface area contributed by atoms with Crippen molar-refractivity contribution in [2.45, 2.75) is 65.1 Å². The molecule has 74 valence electrons. The summed E-state index contributed by atoms with van der Waals surface area (Å²) in [5, 5.41) is 3.50. The van der Waals surface area contributed by atoms with Crippen LogP contribution in [0.5, 0.6) is 0 Å². The molecule has 0 aliphatic heterocycles. The summed E-state index contributed by atoms with van der Waals surface area (Å²) in [6.07, 6.45) is 2.10. The molecule has 0 saturated carbocycles. The predicted molar refractivity (Wildman–Crippen MR) is 55.2 cm³/mol. The zero-order valence-electron chi connectivity index (χ0n) is 9.15. The minimum absolute atomic E-state index is 0.170. The Morgan fingerprint density at radius 1 is 1.33 bits per heavy atom. The Bertz CT molecular complexity index is 119. The van der Waals surface area contributed by atoms with Crippen molar-refractivity contribution in [3.63, 3.8) is 0 Å². The molecule has 0 rings (SSSR count). The van der Waals surface area contributed by atoms with Gasteiger partial charge in [-0.1, -0.05) is 20.8 Å². The van der Waals surface area contributed by atoms with E-state index in [0.717, 1.165) is 12.8 Å². The van der Waals surface area contributed by atoms with Crippen molar-refractivity contribution >= 4 is 0 Å². The van der Waals surface area contributed by atoms with Crippen LogP contribution in [0.15, 0.2) is 0 Å². The lowest BCUT2D eigenvalue weighted by molar-refractivity contribution is 0.307. The second kappa shape index (κ2) is 4.83. The third-order valence-corrected chi connectivity index (χ3v) is 1.98. The van der Waals surface area contributed by atoms with E-state index in [1.54, 1.807) is 0 Å². The molecule has 0 radical (unpaired) electrons. The van der Waals surface area contributed by atoms with E-state index in [0.29, 0.717) is 12.1 Å². The number of rotatable bonds is 5. The highest BCUT2D eigenvalue weighted by molar-refractivity contribution is 4.83. The first kappa shape index (κ1) is 11.9. The van der Waals surface area contributed by atoms with Gasteiger partial charge in [-0.2, -0.15) is 0 Å². The van der Waals surface area contributed by atoms with Gasteiger partial charge in [0.1, 0.15) is 0 Å². The molecule has 0 aromatic heterocycles. The van der Waals surface area contributed by atoms with Crippen LogP contribution in [-0.4, -0.2) is 17.6 Å². The molecule has 0 aromatic carbocycles. The highest BCUT2D eigenvalue weighted by Gasteiger charge is 2.20. The minimum Gasteiger partial charge on any atom is -0.328 e. The third kappa shape index (κ3) is 5.56. The van der Waals surface area contributed by atoms with Gasteiger partial charge in [0.2, 0.25) is 0 Å². The summed E-state index contributed by atoms with van der Waals surface area (Å²) in [4.78, 5) is 0. The Morgan fingerprint density at radius 3 is 2.17 bits per heavy atom. The molecule has 0 spiro atoms. The Kier molecular flexibility index (Phi) is 4.80. The van der Waals surface area contributed by atoms with Crippen LogP contribution in [0.2, 0.25) is 0 Å². The molecule has 0 heterocycles. The molecule has 1 atom stereocenters. The smallest absolute Gasteiger partial charge is 0.0142 e. The lowest BCUT2D eigenvalue weighted by Crippen LogP contribution is -2.47. The molecule has 0 saturated heterocycles. The quantitative estimate of drug-likeness (QED) is 0.664. The second-order valence-electron chi connectivity index (χ2n) is 4.56. The third-order valence-electron chi connectivity index (χ3n) is 1.98. The normalized spacial score (nSPS) is 15.2. The fourth-order valence-electron chi connectivity index (χ4n) is 1.64. The van der Waals surface area contributed by atoms with Crippen molar-refractivity contribution in [3.8, 4) is 0 Å². The molecular formula is C10H24N2. The van der Waals surface area contributed by atoms with E-state index in [9.17, 15) is 0 Å². The van der Waals surface area contributed by atoms with Crippen molar-refractivity contribution in [2.75, 3.05) is 0 Å². The molecule has 2 nitrogen and oxygen atoms in total. The molecule has 0 bridgehead atoms. The van der Waals surface area contributed by atoms with Crippen molar-refractivity contribution in [1.29, 1.82) is 0 Å². The molecule has 0 aliphatic rings. The summed E-state index contributed by atoms with van der Waals surface area (Å²) in [7, 11) is 0. The lowest BCUT2D eigenvalue weighted by atomic mass is 9.93. The SMILES string of the molecule is CCC(N)CC(C)(C)NC(C)C. The average molecular weight is 172 g/mol.